The summed E-state index contributed by atoms with van der Waals surface area (Å²) in [5.41, 5.74) is 9.36. The van der Waals surface area contributed by atoms with E-state index in [-0.39, 0.29) is 0 Å². The number of aryl methyl sites for hydroxylation is 1. The van der Waals surface area contributed by atoms with Gasteiger partial charge in [-0.05, 0) is 31.2 Å². The Balaban J connectivity index is 2.08. The Morgan fingerprint density at radius 3 is 2.95 bits per heavy atom. The van der Waals surface area contributed by atoms with Crippen molar-refractivity contribution in [3.05, 3.63) is 48.5 Å². The largest absolute Gasteiger partial charge is 0.399 e. The summed E-state index contributed by atoms with van der Waals surface area (Å²) in [6.45, 7) is 1.95. The van der Waals surface area contributed by atoms with Crippen molar-refractivity contribution in [2.75, 3.05) is 5.73 Å². The van der Waals surface area contributed by atoms with E-state index in [9.17, 15) is 0 Å². The third kappa shape index (κ3) is 1.48. The summed E-state index contributed by atoms with van der Waals surface area (Å²) >= 11 is 0. The Morgan fingerprint density at radius 2 is 2.05 bits per heavy atom. The Bertz CT molecular complexity index is 933. The molecule has 0 saturated heterocycles. The van der Waals surface area contributed by atoms with Gasteiger partial charge in [-0.25, -0.2) is 14.2 Å². The second-order valence-electron chi connectivity index (χ2n) is 4.74. The normalized spacial score (nSPS) is 11.4. The van der Waals surface area contributed by atoms with Gasteiger partial charge in [0.1, 0.15) is 5.52 Å². The average molecular weight is 264 g/mol. The van der Waals surface area contributed by atoms with Crippen LogP contribution in [0.1, 0.15) is 5.69 Å². The van der Waals surface area contributed by atoms with Gasteiger partial charge in [-0.1, -0.05) is 0 Å². The number of benzene rings is 1. The van der Waals surface area contributed by atoms with Crippen molar-refractivity contribution in [1.29, 1.82) is 0 Å². The van der Waals surface area contributed by atoms with Crippen molar-refractivity contribution in [2.24, 2.45) is 0 Å². The second kappa shape index (κ2) is 3.80. The summed E-state index contributed by atoms with van der Waals surface area (Å²) < 4.78 is 3.60. The molecule has 6 nitrogen and oxygen atoms in total. The van der Waals surface area contributed by atoms with E-state index in [0.717, 1.165) is 27.9 Å². The molecule has 0 spiro atoms. The van der Waals surface area contributed by atoms with Crippen LogP contribution in [-0.4, -0.2) is 24.4 Å². The van der Waals surface area contributed by atoms with Crippen LogP contribution in [0.15, 0.2) is 42.9 Å². The Hall–Kier alpha value is -2.89. The maximum Gasteiger partial charge on any atom is 0.180 e. The quantitative estimate of drug-likeness (QED) is 0.533. The van der Waals surface area contributed by atoms with Crippen molar-refractivity contribution in [2.45, 2.75) is 6.92 Å². The van der Waals surface area contributed by atoms with Crippen molar-refractivity contribution >= 4 is 22.1 Å². The highest BCUT2D eigenvalue weighted by Crippen LogP contribution is 2.22. The lowest BCUT2D eigenvalue weighted by Gasteiger charge is -2.04. The van der Waals surface area contributed by atoms with Crippen molar-refractivity contribution in [3.63, 3.8) is 0 Å². The van der Waals surface area contributed by atoms with Crippen LogP contribution in [0.2, 0.25) is 0 Å². The summed E-state index contributed by atoms with van der Waals surface area (Å²) in [6.07, 6.45) is 5.35. The highest BCUT2D eigenvalue weighted by Gasteiger charge is 2.11. The Kier molecular flexibility index (Phi) is 2.09. The van der Waals surface area contributed by atoms with Crippen LogP contribution in [0.5, 0.6) is 0 Å². The van der Waals surface area contributed by atoms with Crippen molar-refractivity contribution < 1.29 is 0 Å². The summed E-state index contributed by atoms with van der Waals surface area (Å²) in [5.74, 6) is 0.744. The first kappa shape index (κ1) is 11.0. The fraction of sp³-hybridized carbons (Fsp3) is 0.0714. The maximum atomic E-state index is 5.87. The minimum absolute atomic E-state index is 0.705. The standard InChI is InChI=1S/C14H12N6/c1-9-6-13-14(16-4-5-19(13)18-9)20-12-7-11(15)3-2-10(12)8-17-20/h2-8H,15H2,1H3. The second-order valence-corrected chi connectivity index (χ2v) is 4.74. The molecular formula is C14H12N6. The zero-order valence-electron chi connectivity index (χ0n) is 10.9. The van der Waals surface area contributed by atoms with Gasteiger partial charge in [-0.3, -0.25) is 0 Å². The molecule has 0 aliphatic carbocycles. The van der Waals surface area contributed by atoms with Gasteiger partial charge in [-0.2, -0.15) is 10.2 Å². The molecule has 0 aliphatic heterocycles. The molecule has 4 rings (SSSR count). The number of anilines is 1. The van der Waals surface area contributed by atoms with Crippen LogP contribution in [0, 0.1) is 6.92 Å². The number of hydrogen-bond acceptors (Lipinski definition) is 4. The first-order valence-electron chi connectivity index (χ1n) is 6.27. The molecule has 3 heterocycles. The molecule has 20 heavy (non-hydrogen) atoms. The molecule has 0 amide bonds. The molecule has 0 atom stereocenters. The Morgan fingerprint density at radius 1 is 1.15 bits per heavy atom. The Labute approximate surface area is 114 Å². The van der Waals surface area contributed by atoms with Gasteiger partial charge in [0.15, 0.2) is 5.82 Å². The minimum Gasteiger partial charge on any atom is -0.399 e. The van der Waals surface area contributed by atoms with Gasteiger partial charge in [-0.15, -0.1) is 0 Å². The molecule has 0 aliphatic rings. The minimum atomic E-state index is 0.705. The molecule has 1 aromatic carbocycles. The van der Waals surface area contributed by atoms with E-state index >= 15 is 0 Å². The molecule has 98 valence electrons. The summed E-state index contributed by atoms with van der Waals surface area (Å²) in [5, 5.41) is 9.84. The molecular weight excluding hydrogens is 252 g/mol. The summed E-state index contributed by atoms with van der Waals surface area (Å²) in [7, 11) is 0. The number of nitrogen functional groups attached to an aromatic ring is 1. The van der Waals surface area contributed by atoms with Crippen molar-refractivity contribution in [3.8, 4) is 5.82 Å². The molecule has 6 heteroatoms. The number of fused-ring (bicyclic) bond motifs is 2. The number of nitrogens with zero attached hydrogens (tertiary/aromatic N) is 5. The molecule has 0 bridgehead atoms. The van der Waals surface area contributed by atoms with Gasteiger partial charge in [0.05, 0.1) is 17.4 Å². The third-order valence-electron chi connectivity index (χ3n) is 3.29. The lowest BCUT2D eigenvalue weighted by Crippen LogP contribution is -2.02. The van der Waals surface area contributed by atoms with Crippen molar-refractivity contribution in [1.82, 2.24) is 24.4 Å². The highest BCUT2D eigenvalue weighted by molar-refractivity contribution is 5.84. The third-order valence-corrected chi connectivity index (χ3v) is 3.29. The van der Waals surface area contributed by atoms with Crippen LogP contribution in [0.4, 0.5) is 5.69 Å². The van der Waals surface area contributed by atoms with Crippen LogP contribution in [-0.2, 0) is 0 Å². The molecule has 0 fully saturated rings. The first-order valence-corrected chi connectivity index (χ1v) is 6.27. The van der Waals surface area contributed by atoms with E-state index in [0.29, 0.717) is 5.69 Å². The lowest BCUT2D eigenvalue weighted by molar-refractivity contribution is 0.850. The topological polar surface area (TPSA) is 74.0 Å². The fourth-order valence-corrected chi connectivity index (χ4v) is 2.40. The number of nitrogens with two attached hydrogens (primary N) is 1. The van der Waals surface area contributed by atoms with Gasteiger partial charge < -0.3 is 5.73 Å². The van der Waals surface area contributed by atoms with Gasteiger partial charge in [0.25, 0.3) is 0 Å². The van der Waals surface area contributed by atoms with E-state index in [1.54, 1.807) is 15.4 Å². The smallest absolute Gasteiger partial charge is 0.180 e. The van der Waals surface area contributed by atoms with Gasteiger partial charge >= 0.3 is 0 Å². The molecule has 0 radical (unpaired) electrons. The molecule has 0 unspecified atom stereocenters. The van der Waals surface area contributed by atoms with E-state index in [1.807, 2.05) is 43.6 Å². The average Bonchev–Trinajstić information content (AvgIpc) is 3.00. The molecule has 3 aromatic heterocycles. The van der Waals surface area contributed by atoms with Crippen LogP contribution >= 0.6 is 0 Å². The summed E-state index contributed by atoms with van der Waals surface area (Å²) in [6, 6.07) is 7.71. The zero-order valence-corrected chi connectivity index (χ0v) is 10.9. The van der Waals surface area contributed by atoms with E-state index in [2.05, 4.69) is 15.2 Å². The number of aromatic nitrogens is 5. The van der Waals surface area contributed by atoms with E-state index in [1.165, 1.54) is 0 Å². The SMILES string of the molecule is Cc1cc2c(-n3ncc4ccc(N)cc43)nccn2n1. The van der Waals surface area contributed by atoms with E-state index < -0.39 is 0 Å². The van der Waals surface area contributed by atoms with E-state index in [4.69, 9.17) is 5.73 Å². The van der Waals surface area contributed by atoms with Gasteiger partial charge in [0.2, 0.25) is 0 Å². The zero-order chi connectivity index (χ0) is 13.7. The monoisotopic (exact) mass is 264 g/mol. The first-order chi connectivity index (χ1) is 9.72. The van der Waals surface area contributed by atoms with Crippen LogP contribution < -0.4 is 5.73 Å². The molecule has 0 saturated carbocycles. The molecule has 4 aromatic rings. The lowest BCUT2D eigenvalue weighted by atomic mass is 10.2. The highest BCUT2D eigenvalue weighted by atomic mass is 15.3. The predicted octanol–water partition coefficient (Wildman–Crippen LogP) is 1.96. The fourth-order valence-electron chi connectivity index (χ4n) is 2.40. The summed E-state index contributed by atoms with van der Waals surface area (Å²) in [4.78, 5) is 4.44. The van der Waals surface area contributed by atoms with Crippen LogP contribution in [0.25, 0.3) is 22.2 Å². The predicted molar refractivity (Wildman–Crippen MR) is 76.8 cm³/mol. The number of rotatable bonds is 1. The van der Waals surface area contributed by atoms with Crippen LogP contribution in [0.3, 0.4) is 0 Å². The number of hydrogen-bond donors (Lipinski definition) is 1. The maximum absolute atomic E-state index is 5.87. The van der Waals surface area contributed by atoms with Gasteiger partial charge in [0, 0.05) is 23.5 Å². The molecule has 2 N–H and O–H groups in total.